The van der Waals surface area contributed by atoms with E-state index in [1.54, 1.807) is 6.20 Å². The average molecular weight is 323 g/mol. The van der Waals surface area contributed by atoms with Gasteiger partial charge in [0.25, 0.3) is 0 Å². The molecule has 4 nitrogen and oxygen atoms in total. The summed E-state index contributed by atoms with van der Waals surface area (Å²) in [5.41, 5.74) is 0.741. The molecule has 74 valence electrons. The van der Waals surface area contributed by atoms with Crippen molar-refractivity contribution in [1.29, 1.82) is 0 Å². The first-order chi connectivity index (χ1) is 6.61. The summed E-state index contributed by atoms with van der Waals surface area (Å²) >= 11 is 8.14. The van der Waals surface area contributed by atoms with Gasteiger partial charge in [-0.1, -0.05) is 11.6 Å². The zero-order valence-corrected chi connectivity index (χ0v) is 10.6. The lowest BCUT2D eigenvalue weighted by atomic mass is 10.4. The van der Waals surface area contributed by atoms with Crippen molar-refractivity contribution in [2.24, 2.45) is 0 Å². The second-order valence-corrected chi connectivity index (χ2v) is 4.62. The van der Waals surface area contributed by atoms with Crippen LogP contribution in [0.1, 0.15) is 19.9 Å². The summed E-state index contributed by atoms with van der Waals surface area (Å²) in [7, 11) is 0. The quantitative estimate of drug-likeness (QED) is 0.758. The molecule has 2 rings (SSSR count). The second-order valence-electron chi connectivity index (χ2n) is 3.22. The van der Waals surface area contributed by atoms with Crippen LogP contribution >= 0.6 is 34.2 Å². The van der Waals surface area contributed by atoms with Crippen molar-refractivity contribution in [2.75, 3.05) is 0 Å². The van der Waals surface area contributed by atoms with Crippen LogP contribution in [0, 0.1) is 3.70 Å². The van der Waals surface area contributed by atoms with Crippen LogP contribution in [-0.2, 0) is 0 Å². The Bertz CT molecular complexity index is 479. The third-order valence-corrected chi connectivity index (χ3v) is 3.36. The summed E-state index contributed by atoms with van der Waals surface area (Å²) in [6.07, 6.45) is 1.73. The molecule has 14 heavy (non-hydrogen) atoms. The van der Waals surface area contributed by atoms with Gasteiger partial charge >= 0.3 is 0 Å². The molecular weight excluding hydrogens is 314 g/mol. The maximum absolute atomic E-state index is 6.08. The molecule has 0 spiro atoms. The zero-order chi connectivity index (χ0) is 10.3. The number of hydrogen-bond acceptors (Lipinski definition) is 3. The number of rotatable bonds is 1. The molecule has 0 N–H and O–H groups in total. The Hall–Kier alpha value is -0.430. The molecule has 0 aliphatic heterocycles. The molecule has 0 atom stereocenters. The molecule has 0 bridgehead atoms. The van der Waals surface area contributed by atoms with E-state index in [1.807, 2.05) is 18.5 Å². The van der Waals surface area contributed by atoms with Gasteiger partial charge in [-0.05, 0) is 36.4 Å². The Morgan fingerprint density at radius 1 is 1.43 bits per heavy atom. The van der Waals surface area contributed by atoms with E-state index in [0.29, 0.717) is 8.72 Å². The highest BCUT2D eigenvalue weighted by molar-refractivity contribution is 14.1. The Balaban J connectivity index is 2.77. The first kappa shape index (κ1) is 10.1. The summed E-state index contributed by atoms with van der Waals surface area (Å²) < 4.78 is 2.52. The zero-order valence-electron chi connectivity index (χ0n) is 7.70. The van der Waals surface area contributed by atoms with Gasteiger partial charge in [0, 0.05) is 6.04 Å². The maximum Gasteiger partial charge on any atom is 0.182 e. The third kappa shape index (κ3) is 1.48. The van der Waals surface area contributed by atoms with Gasteiger partial charge in [-0.3, -0.25) is 0 Å². The summed E-state index contributed by atoms with van der Waals surface area (Å²) in [6.45, 7) is 4.08. The SMILES string of the molecule is CC(C)n1ncc2c(Cl)c(I)nnc21. The van der Waals surface area contributed by atoms with E-state index in [9.17, 15) is 0 Å². The normalized spacial score (nSPS) is 11.5. The van der Waals surface area contributed by atoms with Gasteiger partial charge in [0.15, 0.2) is 5.65 Å². The molecule has 2 heterocycles. The number of hydrogen-bond donors (Lipinski definition) is 0. The van der Waals surface area contributed by atoms with Crippen LogP contribution in [0.25, 0.3) is 11.0 Å². The van der Waals surface area contributed by atoms with Gasteiger partial charge in [-0.2, -0.15) is 5.10 Å². The smallest absolute Gasteiger partial charge is 0.182 e. The highest BCUT2D eigenvalue weighted by atomic mass is 127. The Morgan fingerprint density at radius 2 is 2.14 bits per heavy atom. The number of halogens is 2. The second kappa shape index (κ2) is 3.62. The molecule has 0 fully saturated rings. The highest BCUT2D eigenvalue weighted by Gasteiger charge is 2.12. The Kier molecular flexibility index (Phi) is 2.61. The fourth-order valence-electron chi connectivity index (χ4n) is 1.23. The minimum Gasteiger partial charge on any atom is -0.243 e. The predicted molar refractivity (Wildman–Crippen MR) is 63.4 cm³/mol. The molecule has 0 saturated carbocycles. The molecule has 0 saturated heterocycles. The molecule has 2 aromatic rings. The molecule has 6 heteroatoms. The van der Waals surface area contributed by atoms with Gasteiger partial charge in [-0.25, -0.2) is 4.68 Å². The van der Waals surface area contributed by atoms with Crippen molar-refractivity contribution in [3.05, 3.63) is 14.9 Å². The molecule has 0 radical (unpaired) electrons. The fraction of sp³-hybridized carbons (Fsp3) is 0.375. The summed E-state index contributed by atoms with van der Waals surface area (Å²) in [5, 5.41) is 13.8. The van der Waals surface area contributed by atoms with Gasteiger partial charge in [0.2, 0.25) is 0 Å². The molecule has 0 aliphatic carbocycles. The van der Waals surface area contributed by atoms with E-state index in [0.717, 1.165) is 11.0 Å². The number of aromatic nitrogens is 4. The van der Waals surface area contributed by atoms with E-state index < -0.39 is 0 Å². The van der Waals surface area contributed by atoms with Gasteiger partial charge in [0.05, 0.1) is 16.6 Å². The molecule has 2 aromatic heterocycles. The number of fused-ring (bicyclic) bond motifs is 1. The average Bonchev–Trinajstić information content (AvgIpc) is 2.55. The largest absolute Gasteiger partial charge is 0.243 e. The lowest BCUT2D eigenvalue weighted by molar-refractivity contribution is 0.544. The van der Waals surface area contributed by atoms with Crippen molar-refractivity contribution < 1.29 is 0 Å². The first-order valence-corrected chi connectivity index (χ1v) is 5.62. The van der Waals surface area contributed by atoms with Gasteiger partial charge < -0.3 is 0 Å². The van der Waals surface area contributed by atoms with Crippen LogP contribution in [0.4, 0.5) is 0 Å². The van der Waals surface area contributed by atoms with Crippen LogP contribution in [0.5, 0.6) is 0 Å². The molecular formula is C8H8ClIN4. The molecule has 0 aromatic carbocycles. The van der Waals surface area contributed by atoms with Crippen LogP contribution in [0.15, 0.2) is 6.20 Å². The van der Waals surface area contributed by atoms with Crippen LogP contribution in [0.2, 0.25) is 5.02 Å². The van der Waals surface area contributed by atoms with Gasteiger partial charge in [0.1, 0.15) is 3.70 Å². The van der Waals surface area contributed by atoms with E-state index >= 15 is 0 Å². The minimum absolute atomic E-state index is 0.262. The van der Waals surface area contributed by atoms with E-state index in [2.05, 4.69) is 37.9 Å². The summed E-state index contributed by atoms with van der Waals surface area (Å²) in [6, 6.07) is 0.262. The molecule has 0 unspecified atom stereocenters. The van der Waals surface area contributed by atoms with E-state index in [4.69, 9.17) is 11.6 Å². The first-order valence-electron chi connectivity index (χ1n) is 4.16. The van der Waals surface area contributed by atoms with Crippen molar-refractivity contribution in [2.45, 2.75) is 19.9 Å². The van der Waals surface area contributed by atoms with E-state index in [-0.39, 0.29) is 6.04 Å². The molecule has 0 amide bonds. The predicted octanol–water partition coefficient (Wildman–Crippen LogP) is 2.67. The fourth-order valence-corrected chi connectivity index (χ4v) is 1.80. The third-order valence-electron chi connectivity index (χ3n) is 1.91. The monoisotopic (exact) mass is 322 g/mol. The summed E-state index contributed by atoms with van der Waals surface area (Å²) in [4.78, 5) is 0. The lowest BCUT2D eigenvalue weighted by Gasteiger charge is -2.05. The van der Waals surface area contributed by atoms with Crippen LogP contribution in [-0.4, -0.2) is 20.0 Å². The van der Waals surface area contributed by atoms with Crippen LogP contribution in [0.3, 0.4) is 0 Å². The van der Waals surface area contributed by atoms with Crippen molar-refractivity contribution in [3.8, 4) is 0 Å². The standard InChI is InChI=1S/C8H8ClIN4/c1-4(2)14-8-5(3-11-14)6(9)7(10)12-13-8/h3-4H,1-2H3. The minimum atomic E-state index is 0.262. The molecule has 0 aliphatic rings. The Morgan fingerprint density at radius 3 is 2.79 bits per heavy atom. The maximum atomic E-state index is 6.08. The van der Waals surface area contributed by atoms with E-state index in [1.165, 1.54) is 0 Å². The van der Waals surface area contributed by atoms with Gasteiger partial charge in [-0.15, -0.1) is 10.2 Å². The topological polar surface area (TPSA) is 43.6 Å². The lowest BCUT2D eigenvalue weighted by Crippen LogP contribution is -2.04. The van der Waals surface area contributed by atoms with Crippen LogP contribution < -0.4 is 0 Å². The summed E-state index contributed by atoms with van der Waals surface area (Å²) in [5.74, 6) is 0. The Labute approximate surface area is 99.8 Å². The van der Waals surface area contributed by atoms with Crippen molar-refractivity contribution in [1.82, 2.24) is 20.0 Å². The van der Waals surface area contributed by atoms with Crippen molar-refractivity contribution >= 4 is 45.2 Å². The van der Waals surface area contributed by atoms with Crippen molar-refractivity contribution in [3.63, 3.8) is 0 Å². The number of nitrogens with zero attached hydrogens (tertiary/aromatic N) is 4. The highest BCUT2D eigenvalue weighted by Crippen LogP contribution is 2.25.